The van der Waals surface area contributed by atoms with E-state index < -0.39 is 0 Å². The van der Waals surface area contributed by atoms with E-state index in [9.17, 15) is 4.79 Å². The number of hydrogen-bond acceptors (Lipinski definition) is 5. The summed E-state index contributed by atoms with van der Waals surface area (Å²) < 4.78 is 21.5. The van der Waals surface area contributed by atoms with Crippen molar-refractivity contribution < 1.29 is 23.7 Å². The number of amides is 2. The van der Waals surface area contributed by atoms with Gasteiger partial charge in [-0.25, -0.2) is 4.79 Å². The van der Waals surface area contributed by atoms with Gasteiger partial charge in [-0.2, -0.15) is 0 Å². The first-order chi connectivity index (χ1) is 12.2. The Morgan fingerprint density at radius 1 is 1.08 bits per heavy atom. The zero-order valence-corrected chi connectivity index (χ0v) is 14.4. The molecule has 0 bridgehead atoms. The van der Waals surface area contributed by atoms with Gasteiger partial charge in [0.25, 0.3) is 0 Å². The van der Waals surface area contributed by atoms with Crippen molar-refractivity contribution in [1.29, 1.82) is 0 Å². The van der Waals surface area contributed by atoms with E-state index in [1.807, 2.05) is 24.3 Å². The van der Waals surface area contributed by atoms with E-state index in [1.165, 1.54) is 21.3 Å². The smallest absolute Gasteiger partial charge is 0.326 e. The van der Waals surface area contributed by atoms with Crippen LogP contribution in [0.15, 0.2) is 36.4 Å². The molecule has 0 aliphatic carbocycles. The Balaban J connectivity index is 1.87. The molecule has 3 rings (SSSR count). The van der Waals surface area contributed by atoms with E-state index in [0.717, 1.165) is 5.69 Å². The van der Waals surface area contributed by atoms with Gasteiger partial charge in [-0.05, 0) is 12.1 Å². The Labute approximate surface area is 146 Å². The molecule has 25 heavy (non-hydrogen) atoms. The van der Waals surface area contributed by atoms with Crippen LogP contribution in [0.2, 0.25) is 0 Å². The van der Waals surface area contributed by atoms with Crippen LogP contribution in [0.3, 0.4) is 0 Å². The molecule has 7 nitrogen and oxygen atoms in total. The fourth-order valence-electron chi connectivity index (χ4n) is 2.72. The summed E-state index contributed by atoms with van der Waals surface area (Å²) in [7, 11) is 4.59. The molecule has 0 unspecified atom stereocenters. The third-order valence-electron chi connectivity index (χ3n) is 3.89. The highest BCUT2D eigenvalue weighted by molar-refractivity contribution is 6.03. The van der Waals surface area contributed by atoms with Crippen LogP contribution in [-0.4, -0.2) is 40.5 Å². The number of fused-ring (bicyclic) bond motifs is 1. The highest BCUT2D eigenvalue weighted by Gasteiger charge is 2.24. The molecular formula is C18H20N2O5. The van der Waals surface area contributed by atoms with Crippen LogP contribution < -0.4 is 29.2 Å². The van der Waals surface area contributed by atoms with E-state index in [2.05, 4.69) is 5.32 Å². The Morgan fingerprint density at radius 3 is 2.40 bits per heavy atom. The first-order valence-electron chi connectivity index (χ1n) is 7.78. The van der Waals surface area contributed by atoms with Gasteiger partial charge in [0.15, 0.2) is 11.5 Å². The van der Waals surface area contributed by atoms with Crippen LogP contribution in [0, 0.1) is 0 Å². The van der Waals surface area contributed by atoms with Crippen molar-refractivity contribution in [2.45, 2.75) is 0 Å². The molecule has 2 aromatic rings. The summed E-state index contributed by atoms with van der Waals surface area (Å²) in [5, 5.41) is 2.87. The van der Waals surface area contributed by atoms with E-state index in [0.29, 0.717) is 41.8 Å². The lowest BCUT2D eigenvalue weighted by Gasteiger charge is -2.29. The highest BCUT2D eigenvalue weighted by atomic mass is 16.5. The second-order valence-corrected chi connectivity index (χ2v) is 5.31. The Bertz CT molecular complexity index is 753. The van der Waals surface area contributed by atoms with Crippen LogP contribution in [0.4, 0.5) is 16.2 Å². The zero-order valence-electron chi connectivity index (χ0n) is 14.4. The van der Waals surface area contributed by atoms with Crippen LogP contribution in [0.25, 0.3) is 0 Å². The molecule has 1 heterocycles. The summed E-state index contributed by atoms with van der Waals surface area (Å²) in [5.74, 6) is 2.10. The molecule has 1 aliphatic heterocycles. The lowest BCUT2D eigenvalue weighted by molar-refractivity contribution is 0.250. The Morgan fingerprint density at radius 2 is 1.76 bits per heavy atom. The number of nitrogens with one attached hydrogen (secondary N) is 1. The highest BCUT2D eigenvalue weighted by Crippen LogP contribution is 2.40. The first-order valence-corrected chi connectivity index (χ1v) is 7.78. The summed E-state index contributed by atoms with van der Waals surface area (Å²) in [5.41, 5.74) is 1.28. The molecular weight excluding hydrogens is 324 g/mol. The van der Waals surface area contributed by atoms with Crippen molar-refractivity contribution in [1.82, 2.24) is 0 Å². The summed E-state index contributed by atoms with van der Waals surface area (Å²) in [6.45, 7) is 0.910. The molecule has 1 aliphatic rings. The van der Waals surface area contributed by atoms with Gasteiger partial charge in [-0.1, -0.05) is 12.1 Å². The number of nitrogens with zero attached hydrogens (tertiary/aromatic N) is 1. The number of anilines is 2. The molecule has 0 saturated heterocycles. The number of benzene rings is 2. The Kier molecular flexibility index (Phi) is 4.83. The first kappa shape index (κ1) is 16.8. The largest absolute Gasteiger partial charge is 0.493 e. The molecule has 0 radical (unpaired) electrons. The average molecular weight is 344 g/mol. The molecule has 0 fully saturated rings. The number of para-hydroxylation sites is 2. The van der Waals surface area contributed by atoms with Crippen molar-refractivity contribution in [3.05, 3.63) is 36.4 Å². The van der Waals surface area contributed by atoms with Crippen LogP contribution in [-0.2, 0) is 0 Å². The predicted octanol–water partition coefficient (Wildman–Crippen LogP) is 3.14. The van der Waals surface area contributed by atoms with E-state index >= 15 is 0 Å². The average Bonchev–Trinajstić information content (AvgIpc) is 2.66. The number of rotatable bonds is 4. The van der Waals surface area contributed by atoms with Crippen molar-refractivity contribution >= 4 is 17.4 Å². The van der Waals surface area contributed by atoms with E-state index in [1.54, 1.807) is 17.0 Å². The zero-order chi connectivity index (χ0) is 17.8. The second-order valence-electron chi connectivity index (χ2n) is 5.31. The normalized spacial score (nSPS) is 12.7. The minimum atomic E-state index is -0.259. The van der Waals surface area contributed by atoms with E-state index in [4.69, 9.17) is 18.9 Å². The SMILES string of the molecule is COc1cc(NC(=O)N2CCOc3ccccc32)cc(OC)c1OC. The maximum absolute atomic E-state index is 12.7. The summed E-state index contributed by atoms with van der Waals surface area (Å²) in [4.78, 5) is 14.4. The van der Waals surface area contributed by atoms with Crippen molar-refractivity contribution in [2.75, 3.05) is 44.7 Å². The number of methoxy groups -OCH3 is 3. The van der Waals surface area contributed by atoms with Gasteiger partial charge in [0, 0.05) is 12.1 Å². The standard InChI is InChI=1S/C18H20N2O5/c1-22-15-10-12(11-16(23-2)17(15)24-3)19-18(21)20-8-9-25-14-7-5-4-6-13(14)20/h4-7,10-11H,8-9H2,1-3H3,(H,19,21). The maximum Gasteiger partial charge on any atom is 0.326 e. The van der Waals surface area contributed by atoms with Crippen LogP contribution in [0.1, 0.15) is 0 Å². The van der Waals surface area contributed by atoms with Gasteiger partial charge >= 0.3 is 6.03 Å². The lowest BCUT2D eigenvalue weighted by Crippen LogP contribution is -2.40. The van der Waals surface area contributed by atoms with Crippen molar-refractivity contribution in [2.24, 2.45) is 0 Å². The molecule has 1 N–H and O–H groups in total. The lowest BCUT2D eigenvalue weighted by atomic mass is 10.2. The molecule has 132 valence electrons. The minimum absolute atomic E-state index is 0.259. The molecule has 2 aromatic carbocycles. The number of ether oxygens (including phenoxy) is 4. The fourth-order valence-corrected chi connectivity index (χ4v) is 2.72. The molecule has 0 atom stereocenters. The van der Waals surface area contributed by atoms with Gasteiger partial charge in [-0.15, -0.1) is 0 Å². The molecule has 7 heteroatoms. The Hall–Kier alpha value is -3.09. The molecule has 0 aromatic heterocycles. The van der Waals surface area contributed by atoms with Gasteiger partial charge in [0.1, 0.15) is 12.4 Å². The quantitative estimate of drug-likeness (QED) is 0.923. The summed E-state index contributed by atoms with van der Waals surface area (Å²) in [6.07, 6.45) is 0. The van der Waals surface area contributed by atoms with Crippen molar-refractivity contribution in [3.8, 4) is 23.0 Å². The molecule has 2 amide bonds. The fraction of sp³-hybridized carbons (Fsp3) is 0.278. The summed E-state index contributed by atoms with van der Waals surface area (Å²) in [6, 6.07) is 10.5. The van der Waals surface area contributed by atoms with Crippen LogP contribution in [0.5, 0.6) is 23.0 Å². The van der Waals surface area contributed by atoms with Gasteiger partial charge in [-0.3, -0.25) is 4.90 Å². The van der Waals surface area contributed by atoms with E-state index in [-0.39, 0.29) is 6.03 Å². The monoisotopic (exact) mass is 344 g/mol. The predicted molar refractivity (Wildman–Crippen MR) is 94.4 cm³/mol. The number of carbonyl (C=O) groups is 1. The number of urea groups is 1. The molecule has 0 saturated carbocycles. The third kappa shape index (κ3) is 3.26. The summed E-state index contributed by atoms with van der Waals surface area (Å²) >= 11 is 0. The maximum atomic E-state index is 12.7. The molecule has 0 spiro atoms. The topological polar surface area (TPSA) is 69.3 Å². The second kappa shape index (κ2) is 7.21. The van der Waals surface area contributed by atoms with Gasteiger partial charge in [0.2, 0.25) is 5.75 Å². The number of hydrogen-bond donors (Lipinski definition) is 1. The van der Waals surface area contributed by atoms with Gasteiger partial charge in [0.05, 0.1) is 39.2 Å². The van der Waals surface area contributed by atoms with Crippen LogP contribution >= 0.6 is 0 Å². The van der Waals surface area contributed by atoms with Gasteiger partial charge < -0.3 is 24.3 Å². The number of carbonyl (C=O) groups excluding carboxylic acids is 1. The van der Waals surface area contributed by atoms with Crippen molar-refractivity contribution in [3.63, 3.8) is 0 Å². The minimum Gasteiger partial charge on any atom is -0.493 e. The third-order valence-corrected chi connectivity index (χ3v) is 3.89.